The topological polar surface area (TPSA) is 84.5 Å². The average Bonchev–Trinajstić information content (AvgIpc) is 2.92. The molecular formula is C29H41NO7. The molecule has 204 valence electrons. The number of hydrogen-bond acceptors (Lipinski definition) is 7. The highest BCUT2D eigenvalue weighted by Gasteiger charge is 2.34. The molecule has 0 bridgehead atoms. The maximum Gasteiger partial charge on any atom is 0.246 e. The van der Waals surface area contributed by atoms with Gasteiger partial charge in [0.2, 0.25) is 5.91 Å². The Kier molecular flexibility index (Phi) is 12.4. The van der Waals surface area contributed by atoms with E-state index in [0.29, 0.717) is 62.4 Å². The van der Waals surface area contributed by atoms with Crippen LogP contribution in [0.25, 0.3) is 0 Å². The Bertz CT molecular complexity index is 880. The molecule has 0 spiro atoms. The van der Waals surface area contributed by atoms with Gasteiger partial charge in [-0.2, -0.15) is 0 Å². The number of carbonyl (C=O) groups is 1. The van der Waals surface area contributed by atoms with E-state index in [0.717, 1.165) is 25.7 Å². The standard InChI is InChI=1S/C29H41NO7/c1-3-5-10-16-30-28(31)21-37-29(15-4-2)22-35-26-13-8-6-11-24(26)33-19-17-32-18-20-34-25-12-7-9-14-27(25)36-23-29/h6-9,11-14H,3-5,10,15-23H2,1-2H3,(H,30,31). The zero-order chi connectivity index (χ0) is 26.2. The van der Waals surface area contributed by atoms with Gasteiger partial charge in [-0.05, 0) is 37.1 Å². The molecule has 1 N–H and O–H groups in total. The average molecular weight is 516 g/mol. The largest absolute Gasteiger partial charge is 0.487 e. The molecule has 1 aliphatic rings. The highest BCUT2D eigenvalue weighted by molar-refractivity contribution is 5.77. The van der Waals surface area contributed by atoms with Gasteiger partial charge in [-0.3, -0.25) is 4.79 Å². The van der Waals surface area contributed by atoms with E-state index >= 15 is 0 Å². The van der Waals surface area contributed by atoms with Crippen LogP contribution >= 0.6 is 0 Å². The van der Waals surface area contributed by atoms with Gasteiger partial charge in [-0.15, -0.1) is 0 Å². The van der Waals surface area contributed by atoms with Gasteiger partial charge in [-0.25, -0.2) is 0 Å². The van der Waals surface area contributed by atoms with Gasteiger partial charge in [-0.1, -0.05) is 57.4 Å². The number of para-hydroxylation sites is 4. The highest BCUT2D eigenvalue weighted by atomic mass is 16.6. The molecular weight excluding hydrogens is 474 g/mol. The Morgan fingerprint density at radius 1 is 0.784 bits per heavy atom. The van der Waals surface area contributed by atoms with E-state index < -0.39 is 5.60 Å². The fraction of sp³-hybridized carbons (Fsp3) is 0.552. The van der Waals surface area contributed by atoms with Crippen molar-refractivity contribution >= 4 is 5.91 Å². The number of rotatable bonds is 9. The lowest BCUT2D eigenvalue weighted by atomic mass is 9.99. The van der Waals surface area contributed by atoms with Gasteiger partial charge >= 0.3 is 0 Å². The van der Waals surface area contributed by atoms with Crippen molar-refractivity contribution in [3.8, 4) is 23.0 Å². The summed E-state index contributed by atoms with van der Waals surface area (Å²) in [5.41, 5.74) is -0.865. The lowest BCUT2D eigenvalue weighted by Crippen LogP contribution is -2.47. The SMILES string of the molecule is CCCCCNC(=O)COC1(CCC)COc2ccccc2OCCOCCOc2ccccc2OC1. The summed E-state index contributed by atoms with van der Waals surface area (Å²) < 4.78 is 36.3. The predicted octanol–water partition coefficient (Wildman–Crippen LogP) is 4.79. The summed E-state index contributed by atoms with van der Waals surface area (Å²) in [6, 6.07) is 15.0. The third-order valence-electron chi connectivity index (χ3n) is 5.97. The van der Waals surface area contributed by atoms with E-state index in [4.69, 9.17) is 28.4 Å². The van der Waals surface area contributed by atoms with Crippen molar-refractivity contribution in [2.75, 3.05) is 52.8 Å². The van der Waals surface area contributed by atoms with Crippen LogP contribution in [0.15, 0.2) is 48.5 Å². The van der Waals surface area contributed by atoms with Crippen LogP contribution in [0.1, 0.15) is 46.0 Å². The Morgan fingerprint density at radius 2 is 1.32 bits per heavy atom. The third kappa shape index (κ3) is 9.78. The molecule has 8 nitrogen and oxygen atoms in total. The summed E-state index contributed by atoms with van der Waals surface area (Å²) in [6.07, 6.45) is 4.59. The molecule has 0 aliphatic carbocycles. The molecule has 37 heavy (non-hydrogen) atoms. The Hall–Kier alpha value is -2.97. The summed E-state index contributed by atoms with van der Waals surface area (Å²) in [5, 5.41) is 2.95. The van der Waals surface area contributed by atoms with E-state index in [1.165, 1.54) is 0 Å². The van der Waals surface area contributed by atoms with Crippen molar-refractivity contribution in [2.45, 2.75) is 51.6 Å². The second-order valence-corrected chi connectivity index (χ2v) is 9.06. The third-order valence-corrected chi connectivity index (χ3v) is 5.97. The predicted molar refractivity (Wildman–Crippen MR) is 142 cm³/mol. The first-order valence-corrected chi connectivity index (χ1v) is 13.3. The number of carbonyl (C=O) groups excluding carboxylic acids is 1. The number of benzene rings is 2. The van der Waals surface area contributed by atoms with Gasteiger partial charge in [0.15, 0.2) is 23.0 Å². The molecule has 1 amide bonds. The van der Waals surface area contributed by atoms with Crippen LogP contribution in [0.5, 0.6) is 23.0 Å². The maximum absolute atomic E-state index is 12.6. The van der Waals surface area contributed by atoms with E-state index in [2.05, 4.69) is 19.2 Å². The van der Waals surface area contributed by atoms with E-state index in [1.807, 2.05) is 48.5 Å². The fourth-order valence-electron chi connectivity index (χ4n) is 3.99. The van der Waals surface area contributed by atoms with E-state index in [1.54, 1.807) is 0 Å². The molecule has 2 aromatic rings. The summed E-state index contributed by atoms with van der Waals surface area (Å²) in [7, 11) is 0. The summed E-state index contributed by atoms with van der Waals surface area (Å²) in [6.45, 7) is 6.75. The number of hydrogen-bond donors (Lipinski definition) is 1. The first-order valence-electron chi connectivity index (χ1n) is 13.3. The number of amides is 1. The van der Waals surface area contributed by atoms with E-state index in [-0.39, 0.29) is 25.7 Å². The highest BCUT2D eigenvalue weighted by Crippen LogP contribution is 2.31. The Balaban J connectivity index is 1.80. The number of nitrogens with one attached hydrogen (secondary N) is 1. The minimum Gasteiger partial charge on any atom is -0.487 e. The second-order valence-electron chi connectivity index (χ2n) is 9.06. The molecule has 0 atom stereocenters. The first kappa shape index (κ1) is 28.6. The molecule has 1 aliphatic heterocycles. The van der Waals surface area contributed by atoms with Crippen molar-refractivity contribution in [3.05, 3.63) is 48.5 Å². The van der Waals surface area contributed by atoms with Crippen molar-refractivity contribution in [3.63, 3.8) is 0 Å². The van der Waals surface area contributed by atoms with Crippen LogP contribution in [0.4, 0.5) is 0 Å². The van der Waals surface area contributed by atoms with E-state index in [9.17, 15) is 4.79 Å². The monoisotopic (exact) mass is 515 g/mol. The van der Waals surface area contributed by atoms with Gasteiger partial charge in [0, 0.05) is 6.54 Å². The zero-order valence-corrected chi connectivity index (χ0v) is 22.2. The maximum atomic E-state index is 12.6. The molecule has 0 radical (unpaired) electrons. The molecule has 1 heterocycles. The zero-order valence-electron chi connectivity index (χ0n) is 22.2. The Labute approximate surface area is 220 Å². The number of fused-ring (bicyclic) bond motifs is 2. The van der Waals surface area contributed by atoms with Gasteiger partial charge in [0.25, 0.3) is 0 Å². The minimum atomic E-state index is -0.865. The van der Waals surface area contributed by atoms with Crippen LogP contribution in [0.3, 0.4) is 0 Å². The summed E-state index contributed by atoms with van der Waals surface area (Å²) in [4.78, 5) is 12.6. The molecule has 0 fully saturated rings. The van der Waals surface area contributed by atoms with Gasteiger partial charge in [0.1, 0.15) is 38.6 Å². The minimum absolute atomic E-state index is 0.0769. The molecule has 2 aromatic carbocycles. The van der Waals surface area contributed by atoms with Crippen molar-refractivity contribution in [2.24, 2.45) is 0 Å². The van der Waals surface area contributed by atoms with Crippen LogP contribution in [-0.4, -0.2) is 64.3 Å². The van der Waals surface area contributed by atoms with Crippen LogP contribution in [0.2, 0.25) is 0 Å². The van der Waals surface area contributed by atoms with Crippen LogP contribution < -0.4 is 24.3 Å². The normalized spacial score (nSPS) is 16.1. The lowest BCUT2D eigenvalue weighted by Gasteiger charge is -2.33. The molecule has 0 unspecified atom stereocenters. The summed E-state index contributed by atoms with van der Waals surface area (Å²) in [5.74, 6) is 2.31. The number of ether oxygens (including phenoxy) is 6. The molecule has 0 aromatic heterocycles. The lowest BCUT2D eigenvalue weighted by molar-refractivity contribution is -0.141. The molecule has 3 rings (SSSR count). The summed E-state index contributed by atoms with van der Waals surface area (Å²) >= 11 is 0. The van der Waals surface area contributed by atoms with Crippen molar-refractivity contribution < 1.29 is 33.2 Å². The quantitative estimate of drug-likeness (QED) is 0.481. The fourth-order valence-corrected chi connectivity index (χ4v) is 3.99. The van der Waals surface area contributed by atoms with Gasteiger partial charge in [0.05, 0.1) is 13.2 Å². The van der Waals surface area contributed by atoms with Gasteiger partial charge < -0.3 is 33.7 Å². The Morgan fingerprint density at radius 3 is 1.84 bits per heavy atom. The molecule has 0 saturated carbocycles. The van der Waals surface area contributed by atoms with Crippen LogP contribution in [-0.2, 0) is 14.3 Å². The number of unbranched alkanes of at least 4 members (excludes halogenated alkanes) is 2. The smallest absolute Gasteiger partial charge is 0.246 e. The first-order chi connectivity index (χ1) is 18.2. The van der Waals surface area contributed by atoms with Crippen molar-refractivity contribution in [1.29, 1.82) is 0 Å². The molecule has 8 heteroatoms. The van der Waals surface area contributed by atoms with Crippen LogP contribution in [0, 0.1) is 0 Å². The second kappa shape index (κ2) is 16.0. The molecule has 0 saturated heterocycles. The van der Waals surface area contributed by atoms with Crippen molar-refractivity contribution in [1.82, 2.24) is 5.32 Å².